The minimum Gasteiger partial charge on any atom is -0.495 e. The molecule has 0 atom stereocenters. The van der Waals surface area contributed by atoms with Gasteiger partial charge >= 0.3 is 5.69 Å². The fraction of sp³-hybridized carbons (Fsp3) is 0.208. The van der Waals surface area contributed by atoms with Crippen LogP contribution in [0.2, 0.25) is 0 Å². The molecule has 3 aromatic heterocycles. The standard InChI is InChI=1S/C24H22FN7O4S/c1-29-20-19(21(34)30(2)24(29)35)31(12-14-8-10-15(25)11-9-14)22-27-28-23(32(20)22)37-13-18(33)26-16-6-4-5-7-17(16)36-3/h4-11H,12-13H2,1-3H3,(H,26,33). The summed E-state index contributed by atoms with van der Waals surface area (Å²) >= 11 is 1.11. The number of para-hydroxylation sites is 2. The molecule has 1 N–H and O–H groups in total. The summed E-state index contributed by atoms with van der Waals surface area (Å²) in [5.41, 5.74) is 0.767. The highest BCUT2D eigenvalue weighted by Crippen LogP contribution is 2.26. The van der Waals surface area contributed by atoms with E-state index in [9.17, 15) is 18.8 Å². The molecule has 0 saturated heterocycles. The number of amides is 1. The number of nitrogens with one attached hydrogen (secondary N) is 1. The van der Waals surface area contributed by atoms with E-state index < -0.39 is 11.2 Å². The number of ether oxygens (including phenoxy) is 1. The van der Waals surface area contributed by atoms with E-state index in [1.165, 1.54) is 30.9 Å². The molecule has 37 heavy (non-hydrogen) atoms. The minimum absolute atomic E-state index is 0.0116. The monoisotopic (exact) mass is 523 g/mol. The van der Waals surface area contributed by atoms with Crippen LogP contribution in [0.15, 0.2) is 63.3 Å². The Morgan fingerprint density at radius 2 is 1.78 bits per heavy atom. The number of hydrogen-bond donors (Lipinski definition) is 1. The predicted molar refractivity (Wildman–Crippen MR) is 137 cm³/mol. The highest BCUT2D eigenvalue weighted by molar-refractivity contribution is 7.99. The number of rotatable bonds is 7. The first-order valence-corrected chi connectivity index (χ1v) is 12.1. The number of halogens is 1. The van der Waals surface area contributed by atoms with E-state index in [0.29, 0.717) is 28.0 Å². The summed E-state index contributed by atoms with van der Waals surface area (Å²) in [5, 5.41) is 11.6. The Bertz CT molecular complexity index is 1770. The Labute approximate surface area is 213 Å². The number of aryl methyl sites for hydroxylation is 1. The quantitative estimate of drug-likeness (QED) is 0.324. The van der Waals surface area contributed by atoms with Crippen LogP contribution < -0.4 is 21.3 Å². The maximum absolute atomic E-state index is 13.5. The van der Waals surface area contributed by atoms with Crippen LogP contribution in [0.5, 0.6) is 5.75 Å². The average molecular weight is 524 g/mol. The van der Waals surface area contributed by atoms with Crippen molar-refractivity contribution in [3.63, 3.8) is 0 Å². The molecule has 2 aromatic carbocycles. The fourth-order valence-corrected chi connectivity index (χ4v) is 4.84. The first-order valence-electron chi connectivity index (χ1n) is 11.1. The van der Waals surface area contributed by atoms with E-state index in [4.69, 9.17) is 4.74 Å². The lowest BCUT2D eigenvalue weighted by Crippen LogP contribution is -2.37. The van der Waals surface area contributed by atoms with Gasteiger partial charge in [-0.3, -0.25) is 23.3 Å². The van der Waals surface area contributed by atoms with Gasteiger partial charge in [-0.05, 0) is 29.8 Å². The maximum Gasteiger partial charge on any atom is 0.332 e. The fourth-order valence-electron chi connectivity index (χ4n) is 4.11. The molecule has 0 radical (unpaired) electrons. The summed E-state index contributed by atoms with van der Waals surface area (Å²) in [6.45, 7) is 0.192. The number of methoxy groups -OCH3 is 1. The van der Waals surface area contributed by atoms with Gasteiger partial charge in [0.05, 0.1) is 25.1 Å². The molecule has 0 aliphatic heterocycles. The number of carbonyl (C=O) groups is 1. The molecule has 5 rings (SSSR count). The molecule has 0 aliphatic rings. The molecule has 11 nitrogen and oxygen atoms in total. The van der Waals surface area contributed by atoms with E-state index in [1.807, 2.05) is 0 Å². The first kappa shape index (κ1) is 24.3. The van der Waals surface area contributed by atoms with Crippen molar-refractivity contribution in [3.05, 3.63) is 80.7 Å². The predicted octanol–water partition coefficient (Wildman–Crippen LogP) is 2.01. The summed E-state index contributed by atoms with van der Waals surface area (Å²) < 4.78 is 24.3. The highest BCUT2D eigenvalue weighted by atomic mass is 32.2. The van der Waals surface area contributed by atoms with E-state index in [-0.39, 0.29) is 29.5 Å². The van der Waals surface area contributed by atoms with Gasteiger partial charge in [0.2, 0.25) is 11.7 Å². The number of hydrogen-bond acceptors (Lipinski definition) is 7. The molecule has 0 unspecified atom stereocenters. The van der Waals surface area contributed by atoms with Gasteiger partial charge in [-0.2, -0.15) is 0 Å². The van der Waals surface area contributed by atoms with Crippen LogP contribution in [-0.4, -0.2) is 47.1 Å². The molecule has 3 heterocycles. The van der Waals surface area contributed by atoms with Gasteiger partial charge < -0.3 is 10.1 Å². The van der Waals surface area contributed by atoms with Crippen molar-refractivity contribution in [3.8, 4) is 5.75 Å². The zero-order valence-corrected chi connectivity index (χ0v) is 21.0. The summed E-state index contributed by atoms with van der Waals surface area (Å²) in [4.78, 5) is 38.6. The van der Waals surface area contributed by atoms with Crippen LogP contribution in [0.1, 0.15) is 5.56 Å². The number of aromatic nitrogens is 6. The van der Waals surface area contributed by atoms with Crippen molar-refractivity contribution < 1.29 is 13.9 Å². The summed E-state index contributed by atoms with van der Waals surface area (Å²) in [7, 11) is 4.47. The molecule has 0 bridgehead atoms. The van der Waals surface area contributed by atoms with E-state index in [1.54, 1.807) is 52.4 Å². The first-order chi connectivity index (χ1) is 17.8. The maximum atomic E-state index is 13.5. The number of anilines is 1. The topological polar surface area (TPSA) is 117 Å². The Balaban J connectivity index is 1.56. The molecular weight excluding hydrogens is 501 g/mol. The smallest absolute Gasteiger partial charge is 0.332 e. The van der Waals surface area contributed by atoms with Crippen molar-refractivity contribution in [1.82, 2.24) is 28.3 Å². The van der Waals surface area contributed by atoms with Crippen LogP contribution >= 0.6 is 11.8 Å². The number of carbonyl (C=O) groups excluding carboxylic acids is 1. The third-order valence-electron chi connectivity index (χ3n) is 5.92. The summed E-state index contributed by atoms with van der Waals surface area (Å²) in [5.74, 6) is 0.149. The number of benzene rings is 2. The molecule has 190 valence electrons. The Morgan fingerprint density at radius 1 is 1.05 bits per heavy atom. The SMILES string of the molecule is COc1ccccc1NC(=O)CSc1nnc2n(Cc3ccc(F)cc3)c3c(=O)n(C)c(=O)n(C)c3n12. The lowest BCUT2D eigenvalue weighted by atomic mass is 10.2. The van der Waals surface area contributed by atoms with E-state index in [2.05, 4.69) is 15.5 Å². The van der Waals surface area contributed by atoms with Gasteiger partial charge in [0.15, 0.2) is 16.3 Å². The van der Waals surface area contributed by atoms with Gasteiger partial charge in [0.25, 0.3) is 5.56 Å². The molecule has 1 amide bonds. The molecular formula is C24H22FN7O4S. The normalized spacial score (nSPS) is 11.4. The molecule has 0 fully saturated rings. The van der Waals surface area contributed by atoms with Crippen molar-refractivity contribution in [2.75, 3.05) is 18.2 Å². The van der Waals surface area contributed by atoms with Crippen molar-refractivity contribution >= 4 is 40.3 Å². The van der Waals surface area contributed by atoms with Crippen molar-refractivity contribution in [2.45, 2.75) is 11.7 Å². The average Bonchev–Trinajstić information content (AvgIpc) is 3.45. The third kappa shape index (κ3) is 4.27. The van der Waals surface area contributed by atoms with E-state index >= 15 is 0 Å². The molecule has 0 spiro atoms. The van der Waals surface area contributed by atoms with Crippen LogP contribution in [0, 0.1) is 5.82 Å². The van der Waals surface area contributed by atoms with Gasteiger partial charge in [-0.1, -0.05) is 36.0 Å². The minimum atomic E-state index is -0.517. The number of imidazole rings is 1. The van der Waals surface area contributed by atoms with Gasteiger partial charge in [-0.15, -0.1) is 10.2 Å². The Hall–Kier alpha value is -4.39. The van der Waals surface area contributed by atoms with Crippen molar-refractivity contribution in [2.24, 2.45) is 14.1 Å². The van der Waals surface area contributed by atoms with Crippen LogP contribution in [0.3, 0.4) is 0 Å². The highest BCUT2D eigenvalue weighted by Gasteiger charge is 2.24. The Morgan fingerprint density at radius 3 is 2.51 bits per heavy atom. The molecule has 0 aliphatic carbocycles. The lowest BCUT2D eigenvalue weighted by molar-refractivity contribution is -0.113. The lowest BCUT2D eigenvalue weighted by Gasteiger charge is -2.09. The number of fused-ring (bicyclic) bond motifs is 3. The van der Waals surface area contributed by atoms with Gasteiger partial charge in [-0.25, -0.2) is 13.6 Å². The molecule has 0 saturated carbocycles. The molecule has 5 aromatic rings. The molecule has 13 heteroatoms. The largest absolute Gasteiger partial charge is 0.495 e. The van der Waals surface area contributed by atoms with Gasteiger partial charge in [0.1, 0.15) is 11.6 Å². The van der Waals surface area contributed by atoms with Crippen LogP contribution in [-0.2, 0) is 25.4 Å². The second-order valence-electron chi connectivity index (χ2n) is 8.25. The Kier molecular flexibility index (Phi) is 6.29. The second kappa shape index (κ2) is 9.58. The van der Waals surface area contributed by atoms with Gasteiger partial charge in [0, 0.05) is 14.1 Å². The zero-order chi connectivity index (χ0) is 26.3. The van der Waals surface area contributed by atoms with Crippen molar-refractivity contribution in [1.29, 1.82) is 0 Å². The summed E-state index contributed by atoms with van der Waals surface area (Å²) in [6, 6.07) is 12.9. The third-order valence-corrected chi connectivity index (χ3v) is 6.85. The number of nitrogens with zero attached hydrogens (tertiary/aromatic N) is 6. The van der Waals surface area contributed by atoms with Crippen LogP contribution in [0.25, 0.3) is 16.9 Å². The number of thioether (sulfide) groups is 1. The van der Waals surface area contributed by atoms with E-state index in [0.717, 1.165) is 21.9 Å². The van der Waals surface area contributed by atoms with Crippen LogP contribution in [0.4, 0.5) is 10.1 Å². The second-order valence-corrected chi connectivity index (χ2v) is 9.19. The zero-order valence-electron chi connectivity index (χ0n) is 20.1. The summed E-state index contributed by atoms with van der Waals surface area (Å²) in [6.07, 6.45) is 0.